The molecule has 1 aliphatic rings. The third-order valence-corrected chi connectivity index (χ3v) is 4.97. The van der Waals surface area contributed by atoms with E-state index in [1.165, 1.54) is 6.07 Å². The molecule has 0 saturated heterocycles. The fourth-order valence-corrected chi connectivity index (χ4v) is 3.02. The molecule has 23 heavy (non-hydrogen) atoms. The second kappa shape index (κ2) is 6.52. The highest BCUT2D eigenvalue weighted by Gasteiger charge is 2.45. The highest BCUT2D eigenvalue weighted by atomic mass is 35.5. The summed E-state index contributed by atoms with van der Waals surface area (Å²) in [5, 5.41) is 14.6. The highest BCUT2D eigenvalue weighted by molar-refractivity contribution is 6.42. The minimum absolute atomic E-state index is 0.167. The van der Waals surface area contributed by atoms with Gasteiger partial charge in [-0.3, -0.25) is 4.79 Å². The number of carbonyl (C=O) groups excluding carboxylic acids is 1. The first-order valence-corrected chi connectivity index (χ1v) is 8.27. The maximum atomic E-state index is 12.3. The number of halogens is 2. The number of hydrogen-bond acceptors (Lipinski definition) is 2. The lowest BCUT2D eigenvalue weighted by Crippen LogP contribution is -2.42. The molecule has 0 radical (unpaired) electrons. The molecular weight excluding hydrogens is 333 g/mol. The van der Waals surface area contributed by atoms with Gasteiger partial charge in [-0.25, -0.2) is 0 Å². The quantitative estimate of drug-likeness (QED) is 0.856. The molecule has 120 valence electrons. The smallest absolute Gasteiger partial charge is 0.251 e. The zero-order valence-corrected chi connectivity index (χ0v) is 13.9. The molecule has 3 rings (SSSR count). The van der Waals surface area contributed by atoms with Gasteiger partial charge in [0.05, 0.1) is 16.6 Å². The van der Waals surface area contributed by atoms with Gasteiger partial charge in [0.1, 0.15) is 5.60 Å². The maximum Gasteiger partial charge on any atom is 0.251 e. The molecule has 1 saturated carbocycles. The van der Waals surface area contributed by atoms with Gasteiger partial charge in [-0.1, -0.05) is 53.5 Å². The largest absolute Gasteiger partial charge is 0.383 e. The monoisotopic (exact) mass is 349 g/mol. The molecule has 0 spiro atoms. The Morgan fingerprint density at radius 2 is 1.83 bits per heavy atom. The molecule has 1 atom stereocenters. The van der Waals surface area contributed by atoms with Crippen LogP contribution < -0.4 is 5.32 Å². The molecule has 3 nitrogen and oxygen atoms in total. The van der Waals surface area contributed by atoms with Crippen molar-refractivity contribution < 1.29 is 9.90 Å². The lowest BCUT2D eigenvalue weighted by Gasteiger charge is -2.29. The highest BCUT2D eigenvalue weighted by Crippen LogP contribution is 2.45. The van der Waals surface area contributed by atoms with E-state index in [0.717, 1.165) is 18.4 Å². The zero-order valence-electron chi connectivity index (χ0n) is 12.4. The second-order valence-corrected chi connectivity index (χ2v) is 6.69. The van der Waals surface area contributed by atoms with E-state index in [9.17, 15) is 9.90 Å². The molecule has 1 fully saturated rings. The number of hydrogen-bond donors (Lipinski definition) is 2. The van der Waals surface area contributed by atoms with E-state index in [4.69, 9.17) is 23.2 Å². The SMILES string of the molecule is O=C(NCC(O)(c1ccccc1)C1CC1)c1ccc(Cl)c(Cl)c1. The second-order valence-electron chi connectivity index (χ2n) is 5.88. The third kappa shape index (κ3) is 3.52. The Bertz CT molecular complexity index is 716. The van der Waals surface area contributed by atoms with Crippen molar-refractivity contribution in [2.45, 2.75) is 18.4 Å². The van der Waals surface area contributed by atoms with E-state index in [1.54, 1.807) is 12.1 Å². The zero-order chi connectivity index (χ0) is 16.4. The fourth-order valence-electron chi connectivity index (χ4n) is 2.72. The van der Waals surface area contributed by atoms with Crippen molar-refractivity contribution in [2.75, 3.05) is 6.54 Å². The number of carbonyl (C=O) groups is 1. The Hall–Kier alpha value is -1.55. The van der Waals surface area contributed by atoms with Gasteiger partial charge >= 0.3 is 0 Å². The molecule has 1 amide bonds. The van der Waals surface area contributed by atoms with E-state index in [1.807, 2.05) is 30.3 Å². The predicted molar refractivity (Wildman–Crippen MR) is 91.9 cm³/mol. The summed E-state index contributed by atoms with van der Waals surface area (Å²) in [5.41, 5.74) is 0.218. The van der Waals surface area contributed by atoms with Crippen LogP contribution in [0.4, 0.5) is 0 Å². The topological polar surface area (TPSA) is 49.3 Å². The van der Waals surface area contributed by atoms with Crippen molar-refractivity contribution in [1.29, 1.82) is 0 Å². The lowest BCUT2D eigenvalue weighted by atomic mass is 9.88. The first kappa shape index (κ1) is 16.3. The number of benzene rings is 2. The fraction of sp³-hybridized carbons (Fsp3) is 0.278. The van der Waals surface area contributed by atoms with Crippen LogP contribution in [0, 0.1) is 5.92 Å². The standard InChI is InChI=1S/C18H17Cl2NO2/c19-15-9-6-12(10-16(15)20)17(22)21-11-18(23,14-7-8-14)13-4-2-1-3-5-13/h1-6,9-10,14,23H,7-8,11H2,(H,21,22). The van der Waals surface area contributed by atoms with E-state index >= 15 is 0 Å². The Morgan fingerprint density at radius 3 is 2.43 bits per heavy atom. The average Bonchev–Trinajstić information content (AvgIpc) is 3.41. The normalized spacial score (nSPS) is 16.7. The summed E-state index contributed by atoms with van der Waals surface area (Å²) >= 11 is 11.8. The van der Waals surface area contributed by atoms with Crippen molar-refractivity contribution in [1.82, 2.24) is 5.32 Å². The van der Waals surface area contributed by atoms with Crippen LogP contribution in [0.5, 0.6) is 0 Å². The summed E-state index contributed by atoms with van der Waals surface area (Å²) in [7, 11) is 0. The molecule has 2 aromatic carbocycles. The summed E-state index contributed by atoms with van der Waals surface area (Å²) in [6.07, 6.45) is 1.93. The van der Waals surface area contributed by atoms with Crippen molar-refractivity contribution in [3.05, 3.63) is 69.7 Å². The molecular formula is C18H17Cl2NO2. The van der Waals surface area contributed by atoms with Crippen LogP contribution in [0.3, 0.4) is 0 Å². The molecule has 0 aliphatic heterocycles. The number of nitrogens with one attached hydrogen (secondary N) is 1. The van der Waals surface area contributed by atoms with Gasteiger partial charge < -0.3 is 10.4 Å². The molecule has 0 heterocycles. The van der Waals surface area contributed by atoms with Crippen LogP contribution in [0.15, 0.2) is 48.5 Å². The van der Waals surface area contributed by atoms with Crippen molar-refractivity contribution >= 4 is 29.1 Å². The van der Waals surface area contributed by atoms with Gasteiger partial charge in [-0.15, -0.1) is 0 Å². The van der Waals surface area contributed by atoms with Gasteiger partial charge in [0.2, 0.25) is 0 Å². The van der Waals surface area contributed by atoms with Crippen LogP contribution in [-0.4, -0.2) is 17.6 Å². The van der Waals surface area contributed by atoms with Crippen LogP contribution in [0.25, 0.3) is 0 Å². The molecule has 1 aliphatic carbocycles. The first-order chi connectivity index (χ1) is 11.0. The van der Waals surface area contributed by atoms with Crippen molar-refractivity contribution in [3.8, 4) is 0 Å². The minimum Gasteiger partial charge on any atom is -0.383 e. The molecule has 2 aromatic rings. The van der Waals surface area contributed by atoms with Crippen LogP contribution >= 0.6 is 23.2 Å². The van der Waals surface area contributed by atoms with Gasteiger partial charge in [0.15, 0.2) is 0 Å². The number of rotatable bonds is 5. The van der Waals surface area contributed by atoms with Gasteiger partial charge in [0, 0.05) is 5.56 Å². The third-order valence-electron chi connectivity index (χ3n) is 4.23. The Labute approximate surface area is 145 Å². The van der Waals surface area contributed by atoms with E-state index in [0.29, 0.717) is 15.6 Å². The lowest BCUT2D eigenvalue weighted by molar-refractivity contribution is 0.0135. The van der Waals surface area contributed by atoms with Gasteiger partial charge in [-0.05, 0) is 42.5 Å². The number of aliphatic hydroxyl groups is 1. The summed E-state index contributed by atoms with van der Waals surface area (Å²) in [5.74, 6) is -0.0995. The predicted octanol–water partition coefficient (Wildman–Crippen LogP) is 4.02. The average molecular weight is 350 g/mol. The Balaban J connectivity index is 1.74. The molecule has 0 aromatic heterocycles. The summed E-state index contributed by atoms with van der Waals surface area (Å²) in [6, 6.07) is 14.2. The number of amides is 1. The Kier molecular flexibility index (Phi) is 4.62. The summed E-state index contributed by atoms with van der Waals surface area (Å²) in [4.78, 5) is 12.3. The van der Waals surface area contributed by atoms with Crippen LogP contribution in [0.1, 0.15) is 28.8 Å². The Morgan fingerprint density at radius 1 is 1.13 bits per heavy atom. The van der Waals surface area contributed by atoms with Crippen LogP contribution in [0.2, 0.25) is 10.0 Å². The van der Waals surface area contributed by atoms with Gasteiger partial charge in [-0.2, -0.15) is 0 Å². The minimum atomic E-state index is -1.03. The van der Waals surface area contributed by atoms with Gasteiger partial charge in [0.25, 0.3) is 5.91 Å². The van der Waals surface area contributed by atoms with E-state index in [2.05, 4.69) is 5.32 Å². The van der Waals surface area contributed by atoms with Crippen molar-refractivity contribution in [3.63, 3.8) is 0 Å². The maximum absolute atomic E-state index is 12.3. The van der Waals surface area contributed by atoms with E-state index < -0.39 is 5.60 Å². The van der Waals surface area contributed by atoms with Crippen LogP contribution in [-0.2, 0) is 5.60 Å². The first-order valence-electron chi connectivity index (χ1n) is 7.52. The molecule has 1 unspecified atom stereocenters. The summed E-state index contributed by atoms with van der Waals surface area (Å²) in [6.45, 7) is 0.167. The van der Waals surface area contributed by atoms with Crippen molar-refractivity contribution in [2.24, 2.45) is 5.92 Å². The molecule has 2 N–H and O–H groups in total. The van der Waals surface area contributed by atoms with E-state index in [-0.39, 0.29) is 18.4 Å². The summed E-state index contributed by atoms with van der Waals surface area (Å²) < 4.78 is 0. The molecule has 5 heteroatoms. The molecule has 0 bridgehead atoms.